The summed E-state index contributed by atoms with van der Waals surface area (Å²) >= 11 is 0. The Kier molecular flexibility index (Phi) is 8.92. The Balaban J connectivity index is 1.21. The van der Waals surface area contributed by atoms with Crippen LogP contribution in [-0.4, -0.2) is 89.7 Å². The summed E-state index contributed by atoms with van der Waals surface area (Å²) in [6.07, 6.45) is -3.36. The molecule has 0 saturated carbocycles. The average molecular weight is 598 g/mol. The largest absolute Gasteiger partial charge is 0.573 e. The van der Waals surface area contributed by atoms with E-state index in [1.54, 1.807) is 24.3 Å². The van der Waals surface area contributed by atoms with Gasteiger partial charge < -0.3 is 19.5 Å². The Bertz CT molecular complexity index is 1600. The topological polar surface area (TPSA) is 132 Å². The summed E-state index contributed by atoms with van der Waals surface area (Å²) in [6.45, 7) is 4.24. The molecule has 0 spiro atoms. The summed E-state index contributed by atoms with van der Waals surface area (Å²) in [5.74, 6) is -0.532. The van der Waals surface area contributed by atoms with Gasteiger partial charge >= 0.3 is 6.36 Å². The first-order valence-corrected chi connectivity index (χ1v) is 13.2. The summed E-state index contributed by atoms with van der Waals surface area (Å²) in [4.78, 5) is 37.3. The molecule has 1 fully saturated rings. The minimum absolute atomic E-state index is 0.0137. The van der Waals surface area contributed by atoms with E-state index in [9.17, 15) is 22.8 Å². The molecule has 3 heterocycles. The Hall–Kier alpha value is -4.89. The molecule has 1 aliphatic heterocycles. The summed E-state index contributed by atoms with van der Waals surface area (Å²) in [7, 11) is 1.42. The van der Waals surface area contributed by atoms with E-state index in [1.807, 2.05) is 0 Å². The lowest BCUT2D eigenvalue weighted by molar-refractivity contribution is -0.274. The molecule has 1 N–H and O–H groups in total. The third-order valence-electron chi connectivity index (χ3n) is 6.37. The number of fused-ring (bicyclic) bond motifs is 1. The van der Waals surface area contributed by atoms with Crippen LogP contribution in [0.5, 0.6) is 17.2 Å². The molecule has 0 radical (unpaired) electrons. The summed E-state index contributed by atoms with van der Waals surface area (Å²) in [5, 5.41) is 11.0. The normalized spacial score (nSPS) is 13.9. The summed E-state index contributed by atoms with van der Waals surface area (Å²) in [5.41, 5.74) is 1.11. The smallest absolute Gasteiger partial charge is 0.457 e. The number of nitrogens with zero attached hydrogens (tertiary/aromatic N) is 6. The zero-order chi connectivity index (χ0) is 30.4. The number of morpholine rings is 1. The molecule has 2 aromatic carbocycles. The lowest BCUT2D eigenvalue weighted by atomic mass is 10.2. The molecule has 12 nitrogen and oxygen atoms in total. The van der Waals surface area contributed by atoms with E-state index in [1.165, 1.54) is 31.4 Å². The highest BCUT2D eigenvalue weighted by atomic mass is 19.4. The van der Waals surface area contributed by atoms with Crippen molar-refractivity contribution in [1.29, 1.82) is 0 Å². The number of benzene rings is 2. The van der Waals surface area contributed by atoms with Gasteiger partial charge in [-0.25, -0.2) is 4.98 Å². The number of carbonyl (C=O) groups is 2. The fraction of sp³-hybridized carbons (Fsp3) is 0.286. The van der Waals surface area contributed by atoms with Crippen LogP contribution >= 0.6 is 0 Å². The van der Waals surface area contributed by atoms with Crippen molar-refractivity contribution >= 4 is 28.8 Å². The van der Waals surface area contributed by atoms with Gasteiger partial charge in [0.05, 0.1) is 18.7 Å². The van der Waals surface area contributed by atoms with Gasteiger partial charge in [-0.2, -0.15) is 0 Å². The van der Waals surface area contributed by atoms with Gasteiger partial charge in [0, 0.05) is 57.1 Å². The van der Waals surface area contributed by atoms with E-state index in [4.69, 9.17) is 9.47 Å². The van der Waals surface area contributed by atoms with Crippen molar-refractivity contribution in [3.8, 4) is 17.2 Å². The Morgan fingerprint density at radius 3 is 2.44 bits per heavy atom. The number of hydrogen-bond donors (Lipinski definition) is 1. The van der Waals surface area contributed by atoms with Gasteiger partial charge in [-0.05, 0) is 42.5 Å². The fourth-order valence-electron chi connectivity index (χ4n) is 4.17. The Morgan fingerprint density at radius 1 is 0.977 bits per heavy atom. The molecule has 2 amide bonds. The van der Waals surface area contributed by atoms with E-state index >= 15 is 0 Å². The van der Waals surface area contributed by atoms with Crippen LogP contribution in [0.4, 0.5) is 19.1 Å². The lowest BCUT2D eigenvalue weighted by Crippen LogP contribution is -2.41. The van der Waals surface area contributed by atoms with Gasteiger partial charge in [0.25, 0.3) is 17.8 Å². The second kappa shape index (κ2) is 13.0. The predicted octanol–water partition coefficient (Wildman–Crippen LogP) is 3.45. The van der Waals surface area contributed by atoms with Crippen LogP contribution in [0.15, 0.2) is 60.8 Å². The first kappa shape index (κ1) is 29.6. The van der Waals surface area contributed by atoms with Crippen LogP contribution in [-0.2, 0) is 4.74 Å². The zero-order valence-electron chi connectivity index (χ0n) is 22.9. The molecular formula is C28H26F3N7O5. The number of amides is 2. The molecule has 43 heavy (non-hydrogen) atoms. The third-order valence-corrected chi connectivity index (χ3v) is 6.37. The van der Waals surface area contributed by atoms with E-state index in [0.29, 0.717) is 42.3 Å². The summed E-state index contributed by atoms with van der Waals surface area (Å²) < 4.78 is 52.2. The minimum atomic E-state index is -4.83. The average Bonchev–Trinajstić information content (AvgIpc) is 3.00. The van der Waals surface area contributed by atoms with Crippen molar-refractivity contribution in [3.05, 3.63) is 72.1 Å². The van der Waals surface area contributed by atoms with Crippen LogP contribution < -0.4 is 19.7 Å². The second-order valence-corrected chi connectivity index (χ2v) is 9.39. The van der Waals surface area contributed by atoms with E-state index < -0.39 is 18.0 Å². The monoisotopic (exact) mass is 597 g/mol. The first-order chi connectivity index (χ1) is 20.6. The van der Waals surface area contributed by atoms with Gasteiger partial charge in [0.2, 0.25) is 0 Å². The van der Waals surface area contributed by atoms with Gasteiger partial charge in [-0.1, -0.05) is 0 Å². The van der Waals surface area contributed by atoms with Crippen molar-refractivity contribution in [2.45, 2.75) is 6.36 Å². The first-order valence-electron chi connectivity index (χ1n) is 13.2. The highest BCUT2D eigenvalue weighted by Gasteiger charge is 2.31. The molecule has 224 valence electrons. The molecule has 0 unspecified atom stereocenters. The SMILES string of the molecule is CN(C(=O)c1ccc(OC(F)(F)F)cc1)c1nnc2cc(Oc3ccnc(C(=O)NCCN4CCOCC4)c3)ccc2n1. The van der Waals surface area contributed by atoms with Gasteiger partial charge in [-0.3, -0.25) is 24.4 Å². The predicted molar refractivity (Wildman–Crippen MR) is 147 cm³/mol. The fourth-order valence-corrected chi connectivity index (χ4v) is 4.17. The number of rotatable bonds is 9. The maximum absolute atomic E-state index is 12.8. The molecule has 0 atom stereocenters. The number of aromatic nitrogens is 4. The van der Waals surface area contributed by atoms with E-state index in [-0.39, 0.29) is 23.1 Å². The summed E-state index contributed by atoms with van der Waals surface area (Å²) in [6, 6.07) is 12.5. The molecule has 2 aromatic heterocycles. The number of alkyl halides is 3. The second-order valence-electron chi connectivity index (χ2n) is 9.39. The zero-order valence-corrected chi connectivity index (χ0v) is 22.9. The number of carbonyl (C=O) groups excluding carboxylic acids is 2. The Labute approximate surface area is 243 Å². The maximum Gasteiger partial charge on any atom is 0.573 e. The maximum atomic E-state index is 12.8. The highest BCUT2D eigenvalue weighted by Crippen LogP contribution is 2.26. The number of nitrogens with one attached hydrogen (secondary N) is 1. The molecule has 1 saturated heterocycles. The van der Waals surface area contributed by atoms with Gasteiger partial charge in [0.15, 0.2) is 0 Å². The van der Waals surface area contributed by atoms with E-state index in [0.717, 1.165) is 36.7 Å². The van der Waals surface area contributed by atoms with Crippen LogP contribution in [0.2, 0.25) is 0 Å². The number of halogens is 3. The van der Waals surface area contributed by atoms with Gasteiger partial charge in [-0.15, -0.1) is 23.4 Å². The van der Waals surface area contributed by atoms with Crippen LogP contribution in [0.3, 0.4) is 0 Å². The van der Waals surface area contributed by atoms with Crippen molar-refractivity contribution in [2.75, 3.05) is 51.3 Å². The number of ether oxygens (including phenoxy) is 3. The molecule has 0 aliphatic carbocycles. The number of anilines is 1. The molecule has 15 heteroatoms. The molecule has 1 aliphatic rings. The van der Waals surface area contributed by atoms with Crippen molar-refractivity contribution in [1.82, 2.24) is 30.4 Å². The third kappa shape index (κ3) is 7.90. The van der Waals surface area contributed by atoms with Crippen molar-refractivity contribution < 1.29 is 37.0 Å². The molecule has 4 aromatic rings. The Morgan fingerprint density at radius 2 is 1.70 bits per heavy atom. The highest BCUT2D eigenvalue weighted by molar-refractivity contribution is 6.05. The van der Waals surface area contributed by atoms with Crippen LogP contribution in [0.1, 0.15) is 20.8 Å². The van der Waals surface area contributed by atoms with Gasteiger partial charge in [0.1, 0.15) is 28.5 Å². The molecule has 5 rings (SSSR count). The number of pyridine rings is 1. The van der Waals surface area contributed by atoms with Crippen molar-refractivity contribution in [2.24, 2.45) is 0 Å². The number of hydrogen-bond acceptors (Lipinski definition) is 10. The lowest BCUT2D eigenvalue weighted by Gasteiger charge is -2.26. The van der Waals surface area contributed by atoms with Crippen LogP contribution in [0.25, 0.3) is 11.0 Å². The minimum Gasteiger partial charge on any atom is -0.457 e. The molecular weight excluding hydrogens is 571 g/mol. The van der Waals surface area contributed by atoms with Crippen molar-refractivity contribution in [3.63, 3.8) is 0 Å². The standard InChI is InChI=1S/C28H26F3N7O5/c1-37(26(40)18-2-4-19(5-3-18)43-28(29,30)31)27-34-22-7-6-20(16-23(22)35-36-27)42-21-8-9-32-24(17-21)25(39)33-10-11-38-12-14-41-15-13-38/h2-9,16-17H,10-15H2,1H3,(H,33,39). The quantitative estimate of drug-likeness (QED) is 0.306. The van der Waals surface area contributed by atoms with Crippen LogP contribution in [0, 0.1) is 0 Å². The van der Waals surface area contributed by atoms with E-state index in [2.05, 4.69) is 35.1 Å². The molecule has 0 bridgehead atoms.